The van der Waals surface area contributed by atoms with Gasteiger partial charge in [-0.05, 0) is 24.8 Å². The van der Waals surface area contributed by atoms with Gasteiger partial charge >= 0.3 is 0 Å². The molecular weight excluding hydrogens is 212 g/mol. The van der Waals surface area contributed by atoms with Crippen LogP contribution in [0.1, 0.15) is 48.0 Å². The molecular formula is C15H18O2. The molecule has 0 aliphatic heterocycles. The minimum absolute atomic E-state index is 0.124. The van der Waals surface area contributed by atoms with E-state index in [1.165, 1.54) is 0 Å². The van der Waals surface area contributed by atoms with Gasteiger partial charge in [-0.1, -0.05) is 37.1 Å². The minimum atomic E-state index is 0.124. The highest BCUT2D eigenvalue weighted by Gasteiger charge is 2.21. The van der Waals surface area contributed by atoms with Crippen LogP contribution in [0.25, 0.3) is 0 Å². The lowest BCUT2D eigenvalue weighted by Gasteiger charge is -2.13. The van der Waals surface area contributed by atoms with Crippen LogP contribution in [0, 0.1) is 5.92 Å². The average molecular weight is 230 g/mol. The van der Waals surface area contributed by atoms with Crippen molar-refractivity contribution in [3.05, 3.63) is 35.4 Å². The molecule has 0 spiro atoms. The van der Waals surface area contributed by atoms with Crippen molar-refractivity contribution in [2.75, 3.05) is 0 Å². The maximum atomic E-state index is 11.9. The lowest BCUT2D eigenvalue weighted by atomic mass is 9.90. The van der Waals surface area contributed by atoms with Gasteiger partial charge in [-0.25, -0.2) is 0 Å². The first kappa shape index (κ1) is 12.0. The first-order valence-electron chi connectivity index (χ1n) is 6.37. The zero-order valence-corrected chi connectivity index (χ0v) is 10.0. The van der Waals surface area contributed by atoms with Crippen LogP contribution in [0.2, 0.25) is 0 Å². The van der Waals surface area contributed by atoms with Crippen LogP contribution in [-0.2, 0) is 11.2 Å². The third-order valence-electron chi connectivity index (χ3n) is 3.58. The fraction of sp³-hybridized carbons (Fsp3) is 0.467. The normalized spacial score (nSPS) is 20.9. The van der Waals surface area contributed by atoms with Crippen molar-refractivity contribution in [2.24, 2.45) is 5.92 Å². The molecule has 1 atom stereocenters. The quantitative estimate of drug-likeness (QED) is 0.590. The van der Waals surface area contributed by atoms with E-state index in [2.05, 4.69) is 0 Å². The molecule has 1 fully saturated rings. The van der Waals surface area contributed by atoms with Crippen molar-refractivity contribution in [3.8, 4) is 0 Å². The first-order valence-corrected chi connectivity index (χ1v) is 6.37. The second-order valence-electron chi connectivity index (χ2n) is 4.78. The lowest BCUT2D eigenvalue weighted by Crippen LogP contribution is -2.16. The SMILES string of the molecule is O=Cc1ccccc1CC1CCCCCC1=O. The number of aldehydes is 1. The van der Waals surface area contributed by atoms with Gasteiger partial charge in [0.2, 0.25) is 0 Å². The standard InChI is InChI=1S/C15H18O2/c16-11-14-8-5-4-6-12(14)10-13-7-2-1-3-9-15(13)17/h4-6,8,11,13H,1-3,7,9-10H2. The van der Waals surface area contributed by atoms with Gasteiger partial charge in [0.25, 0.3) is 0 Å². The molecule has 2 nitrogen and oxygen atoms in total. The summed E-state index contributed by atoms with van der Waals surface area (Å²) in [5.41, 5.74) is 1.74. The van der Waals surface area contributed by atoms with E-state index in [0.29, 0.717) is 12.2 Å². The van der Waals surface area contributed by atoms with E-state index < -0.39 is 0 Å². The highest BCUT2D eigenvalue weighted by Crippen LogP contribution is 2.24. The predicted molar refractivity (Wildman–Crippen MR) is 67.1 cm³/mol. The molecule has 0 radical (unpaired) electrons. The largest absolute Gasteiger partial charge is 0.299 e. The summed E-state index contributed by atoms with van der Waals surface area (Å²) in [5.74, 6) is 0.502. The summed E-state index contributed by atoms with van der Waals surface area (Å²) < 4.78 is 0. The van der Waals surface area contributed by atoms with E-state index in [4.69, 9.17) is 0 Å². The summed E-state index contributed by atoms with van der Waals surface area (Å²) in [5, 5.41) is 0. The van der Waals surface area contributed by atoms with Gasteiger partial charge in [0.1, 0.15) is 12.1 Å². The maximum Gasteiger partial charge on any atom is 0.150 e. The van der Waals surface area contributed by atoms with Crippen LogP contribution >= 0.6 is 0 Å². The molecule has 0 bridgehead atoms. The summed E-state index contributed by atoms with van der Waals surface area (Å²) in [4.78, 5) is 22.9. The third-order valence-corrected chi connectivity index (χ3v) is 3.58. The zero-order valence-electron chi connectivity index (χ0n) is 10.0. The summed E-state index contributed by atoms with van der Waals surface area (Å²) in [6, 6.07) is 7.58. The van der Waals surface area contributed by atoms with Gasteiger partial charge in [-0.2, -0.15) is 0 Å². The van der Waals surface area contributed by atoms with Crippen LogP contribution < -0.4 is 0 Å². The van der Waals surface area contributed by atoms with E-state index in [0.717, 1.165) is 49.5 Å². The molecule has 1 aromatic carbocycles. The molecule has 90 valence electrons. The van der Waals surface area contributed by atoms with Crippen molar-refractivity contribution in [2.45, 2.75) is 38.5 Å². The summed E-state index contributed by atoms with van der Waals surface area (Å²) in [6.07, 6.45) is 6.64. The van der Waals surface area contributed by atoms with Gasteiger partial charge in [-0.3, -0.25) is 9.59 Å². The Bertz CT molecular complexity index is 409. The fourth-order valence-corrected chi connectivity index (χ4v) is 2.55. The monoisotopic (exact) mass is 230 g/mol. The molecule has 17 heavy (non-hydrogen) atoms. The number of carbonyl (C=O) groups excluding carboxylic acids is 2. The number of Topliss-reactive ketones (excluding diaryl/α,β-unsaturated/α-hetero) is 1. The van der Waals surface area contributed by atoms with Crippen LogP contribution in [-0.4, -0.2) is 12.1 Å². The summed E-state index contributed by atoms with van der Waals surface area (Å²) in [6.45, 7) is 0. The Morgan fingerprint density at radius 1 is 1.18 bits per heavy atom. The lowest BCUT2D eigenvalue weighted by molar-refractivity contribution is -0.122. The van der Waals surface area contributed by atoms with E-state index in [1.807, 2.05) is 24.3 Å². The second kappa shape index (κ2) is 5.76. The Kier molecular flexibility index (Phi) is 4.08. The van der Waals surface area contributed by atoms with E-state index in [1.54, 1.807) is 0 Å². The van der Waals surface area contributed by atoms with E-state index >= 15 is 0 Å². The van der Waals surface area contributed by atoms with Crippen molar-refractivity contribution in [3.63, 3.8) is 0 Å². The first-order chi connectivity index (χ1) is 8.31. The van der Waals surface area contributed by atoms with Crippen molar-refractivity contribution in [1.29, 1.82) is 0 Å². The third kappa shape index (κ3) is 3.02. The molecule has 2 heteroatoms. The average Bonchev–Trinajstić information content (AvgIpc) is 2.56. The van der Waals surface area contributed by atoms with Gasteiger partial charge in [0, 0.05) is 17.9 Å². The van der Waals surface area contributed by atoms with Gasteiger partial charge in [-0.15, -0.1) is 0 Å². The summed E-state index contributed by atoms with van der Waals surface area (Å²) in [7, 11) is 0. The molecule has 0 amide bonds. The minimum Gasteiger partial charge on any atom is -0.299 e. The summed E-state index contributed by atoms with van der Waals surface area (Å²) >= 11 is 0. The topological polar surface area (TPSA) is 34.1 Å². The number of benzene rings is 1. The van der Waals surface area contributed by atoms with E-state index in [9.17, 15) is 9.59 Å². The number of rotatable bonds is 3. The molecule has 0 saturated heterocycles. The predicted octanol–water partition coefficient (Wildman–Crippen LogP) is 3.19. The van der Waals surface area contributed by atoms with Gasteiger partial charge < -0.3 is 0 Å². The molecule has 1 aromatic rings. The second-order valence-corrected chi connectivity index (χ2v) is 4.78. The maximum absolute atomic E-state index is 11.9. The number of carbonyl (C=O) groups is 2. The molecule has 0 aromatic heterocycles. The molecule has 2 rings (SSSR count). The van der Waals surface area contributed by atoms with Crippen LogP contribution in [0.3, 0.4) is 0 Å². The van der Waals surface area contributed by atoms with Gasteiger partial charge in [0.05, 0.1) is 0 Å². The highest BCUT2D eigenvalue weighted by atomic mass is 16.1. The number of ketones is 1. The molecule has 1 saturated carbocycles. The molecule has 1 aliphatic rings. The van der Waals surface area contributed by atoms with Crippen molar-refractivity contribution in [1.82, 2.24) is 0 Å². The fourth-order valence-electron chi connectivity index (χ4n) is 2.55. The highest BCUT2D eigenvalue weighted by molar-refractivity contribution is 5.82. The van der Waals surface area contributed by atoms with Crippen molar-refractivity contribution >= 4 is 12.1 Å². The Morgan fingerprint density at radius 3 is 2.82 bits per heavy atom. The van der Waals surface area contributed by atoms with Crippen LogP contribution in [0.4, 0.5) is 0 Å². The van der Waals surface area contributed by atoms with Crippen LogP contribution in [0.15, 0.2) is 24.3 Å². The van der Waals surface area contributed by atoms with Crippen LogP contribution in [0.5, 0.6) is 0 Å². The Labute approximate surface area is 102 Å². The Balaban J connectivity index is 2.13. The molecule has 1 aliphatic carbocycles. The number of hydrogen-bond acceptors (Lipinski definition) is 2. The van der Waals surface area contributed by atoms with E-state index in [-0.39, 0.29) is 5.92 Å². The Morgan fingerprint density at radius 2 is 2.00 bits per heavy atom. The molecule has 0 heterocycles. The number of hydrogen-bond donors (Lipinski definition) is 0. The molecule has 1 unspecified atom stereocenters. The zero-order chi connectivity index (χ0) is 12.1. The molecule has 0 N–H and O–H groups in total. The smallest absolute Gasteiger partial charge is 0.150 e. The van der Waals surface area contributed by atoms with Gasteiger partial charge in [0.15, 0.2) is 0 Å². The van der Waals surface area contributed by atoms with Crippen molar-refractivity contribution < 1.29 is 9.59 Å². The Hall–Kier alpha value is -1.44.